The highest BCUT2D eigenvalue weighted by Crippen LogP contribution is 2.18. The molecular weight excluding hydrogens is 237 g/mol. The molecule has 1 aromatic carbocycles. The summed E-state index contributed by atoms with van der Waals surface area (Å²) in [6.45, 7) is 4.39. The van der Waals surface area contributed by atoms with E-state index in [1.807, 2.05) is 7.05 Å². The Hall–Kier alpha value is -0.600. The molecule has 0 saturated heterocycles. The zero-order valence-corrected chi connectivity index (χ0v) is 11.5. The number of aryl methyl sites for hydroxylation is 1. The topological polar surface area (TPSA) is 12.0 Å². The number of nitrogens with one attached hydrogen (secondary N) is 1. The van der Waals surface area contributed by atoms with Crippen LogP contribution in [0.15, 0.2) is 18.2 Å². The highest BCUT2D eigenvalue weighted by atomic mass is 35.5. The van der Waals surface area contributed by atoms with Crippen molar-refractivity contribution < 1.29 is 4.39 Å². The van der Waals surface area contributed by atoms with Gasteiger partial charge in [-0.2, -0.15) is 0 Å². The lowest BCUT2D eigenvalue weighted by Crippen LogP contribution is -2.30. The molecule has 1 nitrogen and oxygen atoms in total. The lowest BCUT2D eigenvalue weighted by Gasteiger charge is -2.19. The first-order chi connectivity index (χ1) is 8.04. The van der Waals surface area contributed by atoms with E-state index in [0.717, 1.165) is 24.8 Å². The average Bonchev–Trinajstić information content (AvgIpc) is 2.28. The molecule has 0 radical (unpaired) electrons. The standard InChI is InChI=1S/C14H21ClFN/c1-10(2)14(17-3)6-4-5-11-9-12(15)7-8-13(11)16/h7-10,14,17H,4-6H2,1-3H3. The summed E-state index contributed by atoms with van der Waals surface area (Å²) in [5.41, 5.74) is 0.719. The number of hydrogen-bond acceptors (Lipinski definition) is 1. The fraction of sp³-hybridized carbons (Fsp3) is 0.571. The summed E-state index contributed by atoms with van der Waals surface area (Å²) in [6.07, 6.45) is 2.78. The van der Waals surface area contributed by atoms with Crippen LogP contribution in [0, 0.1) is 11.7 Å². The van der Waals surface area contributed by atoms with E-state index < -0.39 is 0 Å². The largest absolute Gasteiger partial charge is 0.317 e. The lowest BCUT2D eigenvalue weighted by atomic mass is 9.97. The molecule has 0 aliphatic rings. The van der Waals surface area contributed by atoms with Crippen molar-refractivity contribution in [3.8, 4) is 0 Å². The summed E-state index contributed by atoms with van der Waals surface area (Å²) in [5.74, 6) is 0.448. The first-order valence-corrected chi connectivity index (χ1v) is 6.53. The highest BCUT2D eigenvalue weighted by Gasteiger charge is 2.11. The quantitative estimate of drug-likeness (QED) is 0.811. The second-order valence-corrected chi connectivity index (χ2v) is 5.20. The Balaban J connectivity index is 2.47. The van der Waals surface area contributed by atoms with Crippen LogP contribution in [0.4, 0.5) is 4.39 Å². The first-order valence-electron chi connectivity index (χ1n) is 6.15. The molecule has 0 amide bonds. The smallest absolute Gasteiger partial charge is 0.126 e. The maximum absolute atomic E-state index is 13.5. The van der Waals surface area contributed by atoms with Crippen LogP contribution in [0.1, 0.15) is 32.3 Å². The molecule has 0 aliphatic carbocycles. The van der Waals surface area contributed by atoms with Crippen molar-refractivity contribution in [3.05, 3.63) is 34.6 Å². The third-order valence-electron chi connectivity index (χ3n) is 3.14. The third kappa shape index (κ3) is 4.64. The van der Waals surface area contributed by atoms with Gasteiger partial charge < -0.3 is 5.32 Å². The first kappa shape index (κ1) is 14.5. The minimum atomic E-state index is -0.153. The molecular formula is C14H21ClFN. The Morgan fingerprint density at radius 2 is 2.06 bits per heavy atom. The van der Waals surface area contributed by atoms with Crippen LogP contribution in [-0.2, 0) is 6.42 Å². The Kier molecular flexibility index (Phi) is 5.93. The molecule has 0 bridgehead atoms. The molecule has 1 N–H and O–H groups in total. The predicted molar refractivity (Wildman–Crippen MR) is 72.0 cm³/mol. The van der Waals surface area contributed by atoms with Crippen LogP contribution in [0.5, 0.6) is 0 Å². The average molecular weight is 258 g/mol. The second-order valence-electron chi connectivity index (χ2n) is 4.77. The molecule has 3 heteroatoms. The summed E-state index contributed by atoms with van der Waals surface area (Å²) in [5, 5.41) is 3.90. The molecule has 0 spiro atoms. The van der Waals surface area contributed by atoms with Gasteiger partial charge in [0, 0.05) is 11.1 Å². The van der Waals surface area contributed by atoms with E-state index in [0.29, 0.717) is 17.0 Å². The Labute approximate surface area is 108 Å². The van der Waals surface area contributed by atoms with Gasteiger partial charge in [-0.1, -0.05) is 25.4 Å². The lowest BCUT2D eigenvalue weighted by molar-refractivity contribution is 0.392. The number of rotatable bonds is 6. The molecule has 1 unspecified atom stereocenters. The van der Waals surface area contributed by atoms with Crippen LogP contribution in [0.25, 0.3) is 0 Å². The molecule has 0 fully saturated rings. The van der Waals surface area contributed by atoms with Crippen molar-refractivity contribution in [1.82, 2.24) is 5.32 Å². The van der Waals surface area contributed by atoms with Crippen molar-refractivity contribution in [2.75, 3.05) is 7.05 Å². The van der Waals surface area contributed by atoms with E-state index in [1.165, 1.54) is 6.07 Å². The summed E-state index contributed by atoms with van der Waals surface area (Å²) in [4.78, 5) is 0. The summed E-state index contributed by atoms with van der Waals surface area (Å²) in [7, 11) is 1.98. The van der Waals surface area contributed by atoms with Gasteiger partial charge in [0.15, 0.2) is 0 Å². The zero-order valence-electron chi connectivity index (χ0n) is 10.8. The Morgan fingerprint density at radius 1 is 1.35 bits per heavy atom. The predicted octanol–water partition coefficient (Wildman–Crippen LogP) is 4.05. The summed E-state index contributed by atoms with van der Waals surface area (Å²) in [6, 6.07) is 5.25. The summed E-state index contributed by atoms with van der Waals surface area (Å²) >= 11 is 5.86. The second kappa shape index (κ2) is 6.97. The van der Waals surface area contributed by atoms with Crippen molar-refractivity contribution in [3.63, 3.8) is 0 Å². The summed E-state index contributed by atoms with van der Waals surface area (Å²) < 4.78 is 13.5. The van der Waals surface area contributed by atoms with Crippen LogP contribution < -0.4 is 5.32 Å². The SMILES string of the molecule is CNC(CCCc1cc(Cl)ccc1F)C(C)C. The van der Waals surface area contributed by atoms with E-state index >= 15 is 0 Å². The zero-order chi connectivity index (χ0) is 12.8. The molecule has 0 aromatic heterocycles. The van der Waals surface area contributed by atoms with Gasteiger partial charge in [0.1, 0.15) is 5.82 Å². The number of hydrogen-bond donors (Lipinski definition) is 1. The van der Waals surface area contributed by atoms with Gasteiger partial charge in [0.2, 0.25) is 0 Å². The molecule has 1 atom stereocenters. The van der Waals surface area contributed by atoms with Crippen LogP contribution in [0.3, 0.4) is 0 Å². The molecule has 1 aromatic rings. The maximum atomic E-state index is 13.5. The molecule has 17 heavy (non-hydrogen) atoms. The molecule has 1 rings (SSSR count). The van der Waals surface area contributed by atoms with Crippen LogP contribution >= 0.6 is 11.6 Å². The fourth-order valence-electron chi connectivity index (χ4n) is 2.06. The van der Waals surface area contributed by atoms with E-state index in [1.54, 1.807) is 12.1 Å². The van der Waals surface area contributed by atoms with Crippen molar-refractivity contribution >= 4 is 11.6 Å². The van der Waals surface area contributed by atoms with E-state index in [-0.39, 0.29) is 5.82 Å². The van der Waals surface area contributed by atoms with Gasteiger partial charge in [-0.3, -0.25) is 0 Å². The van der Waals surface area contributed by atoms with Gasteiger partial charge in [0.05, 0.1) is 0 Å². The van der Waals surface area contributed by atoms with Gasteiger partial charge in [-0.15, -0.1) is 0 Å². The number of halogens is 2. The fourth-order valence-corrected chi connectivity index (χ4v) is 2.25. The van der Waals surface area contributed by atoms with Crippen molar-refractivity contribution in [2.45, 2.75) is 39.2 Å². The molecule has 96 valence electrons. The van der Waals surface area contributed by atoms with Gasteiger partial charge in [-0.25, -0.2) is 4.39 Å². The third-order valence-corrected chi connectivity index (χ3v) is 3.38. The van der Waals surface area contributed by atoms with E-state index in [4.69, 9.17) is 11.6 Å². The minimum absolute atomic E-state index is 0.153. The van der Waals surface area contributed by atoms with E-state index in [2.05, 4.69) is 19.2 Å². The van der Waals surface area contributed by atoms with Gasteiger partial charge >= 0.3 is 0 Å². The highest BCUT2D eigenvalue weighted by molar-refractivity contribution is 6.30. The van der Waals surface area contributed by atoms with Crippen molar-refractivity contribution in [1.29, 1.82) is 0 Å². The molecule has 0 aliphatic heterocycles. The van der Waals surface area contributed by atoms with Crippen LogP contribution in [0.2, 0.25) is 5.02 Å². The van der Waals surface area contributed by atoms with E-state index in [9.17, 15) is 4.39 Å². The molecule has 0 heterocycles. The maximum Gasteiger partial charge on any atom is 0.126 e. The van der Waals surface area contributed by atoms with Crippen LogP contribution in [-0.4, -0.2) is 13.1 Å². The van der Waals surface area contributed by atoms with Gasteiger partial charge in [-0.05, 0) is 56.0 Å². The Bertz CT molecular complexity index is 352. The normalized spacial score (nSPS) is 13.1. The Morgan fingerprint density at radius 3 is 2.65 bits per heavy atom. The van der Waals surface area contributed by atoms with Gasteiger partial charge in [0.25, 0.3) is 0 Å². The molecule has 0 saturated carbocycles. The monoisotopic (exact) mass is 257 g/mol. The number of benzene rings is 1. The minimum Gasteiger partial charge on any atom is -0.317 e. The van der Waals surface area contributed by atoms with Crippen molar-refractivity contribution in [2.24, 2.45) is 5.92 Å².